The molecule has 0 radical (unpaired) electrons. The topological polar surface area (TPSA) is 39.7 Å². The number of nitrogens with zero attached hydrogens (tertiary/aromatic N) is 4. The molecule has 0 saturated carbocycles. The van der Waals surface area contributed by atoms with Gasteiger partial charge in [0.15, 0.2) is 0 Å². The molecule has 2 aliphatic heterocycles. The lowest BCUT2D eigenvalue weighted by molar-refractivity contribution is -0.132. The van der Waals surface area contributed by atoms with Crippen molar-refractivity contribution in [3.8, 4) is 0 Å². The third kappa shape index (κ3) is 4.33. The Hall–Kier alpha value is -1.46. The molecule has 0 bridgehead atoms. The van der Waals surface area contributed by atoms with E-state index in [0.29, 0.717) is 11.8 Å². The van der Waals surface area contributed by atoms with Gasteiger partial charge in [-0.25, -0.2) is 0 Å². The van der Waals surface area contributed by atoms with E-state index in [9.17, 15) is 4.79 Å². The zero-order valence-corrected chi connectivity index (χ0v) is 15.0. The minimum atomic E-state index is 0.123. The molecule has 5 nitrogen and oxygen atoms in total. The molecule has 2 fully saturated rings. The smallest absolute Gasteiger partial charge is 0.239 e. The number of carbonyl (C=O) groups excluding carboxylic acids is 1. The summed E-state index contributed by atoms with van der Waals surface area (Å²) in [7, 11) is 0. The second kappa shape index (κ2) is 8.08. The predicted octanol–water partition coefficient (Wildman–Crippen LogP) is 1.85. The Morgan fingerprint density at radius 1 is 1.21 bits per heavy atom. The van der Waals surface area contributed by atoms with Crippen molar-refractivity contribution in [3.63, 3.8) is 0 Å². The standard InChI is InChI=1S/C19H30N4O/c1-16(2)5-8-23-9-6-18(19(23)24)22-12-10-21(11-13-22)15-17-4-3-7-20-14-17/h3-4,7,14,16,18H,5-6,8-13,15H2,1-2H3. The van der Waals surface area contributed by atoms with E-state index >= 15 is 0 Å². The lowest BCUT2D eigenvalue weighted by Gasteiger charge is -2.37. The zero-order chi connectivity index (χ0) is 16.9. The first-order valence-electron chi connectivity index (χ1n) is 9.27. The Morgan fingerprint density at radius 3 is 2.67 bits per heavy atom. The number of piperazine rings is 1. The van der Waals surface area contributed by atoms with Crippen molar-refractivity contribution in [2.75, 3.05) is 39.3 Å². The van der Waals surface area contributed by atoms with E-state index in [0.717, 1.165) is 58.7 Å². The van der Waals surface area contributed by atoms with Crippen LogP contribution in [0.15, 0.2) is 24.5 Å². The van der Waals surface area contributed by atoms with E-state index < -0.39 is 0 Å². The molecule has 3 rings (SSSR count). The third-order valence-corrected chi connectivity index (χ3v) is 5.22. The number of pyridine rings is 1. The average molecular weight is 330 g/mol. The Morgan fingerprint density at radius 2 is 2.00 bits per heavy atom. The summed E-state index contributed by atoms with van der Waals surface area (Å²) < 4.78 is 0. The second-order valence-corrected chi connectivity index (χ2v) is 7.49. The summed E-state index contributed by atoms with van der Waals surface area (Å²) in [6.45, 7) is 11.3. The highest BCUT2D eigenvalue weighted by Crippen LogP contribution is 2.20. The minimum absolute atomic E-state index is 0.123. The van der Waals surface area contributed by atoms with E-state index in [1.165, 1.54) is 5.56 Å². The summed E-state index contributed by atoms with van der Waals surface area (Å²) in [6, 6.07) is 4.25. The van der Waals surface area contributed by atoms with Crippen LogP contribution in [-0.2, 0) is 11.3 Å². The Labute approximate surface area is 145 Å². The Bertz CT molecular complexity index is 525. The molecule has 3 heterocycles. The van der Waals surface area contributed by atoms with Crippen LogP contribution < -0.4 is 0 Å². The summed E-state index contributed by atoms with van der Waals surface area (Å²) in [5.41, 5.74) is 1.27. The number of rotatable bonds is 6. The van der Waals surface area contributed by atoms with Gasteiger partial charge in [-0.05, 0) is 30.4 Å². The fourth-order valence-corrected chi connectivity index (χ4v) is 3.68. The maximum atomic E-state index is 12.7. The molecule has 5 heteroatoms. The van der Waals surface area contributed by atoms with Gasteiger partial charge >= 0.3 is 0 Å². The van der Waals surface area contributed by atoms with Gasteiger partial charge in [-0.2, -0.15) is 0 Å². The predicted molar refractivity (Wildman–Crippen MR) is 95.5 cm³/mol. The molecule has 0 aromatic carbocycles. The van der Waals surface area contributed by atoms with Gasteiger partial charge in [0, 0.05) is 58.2 Å². The number of amides is 1. The quantitative estimate of drug-likeness (QED) is 0.798. The van der Waals surface area contributed by atoms with E-state index in [-0.39, 0.29) is 6.04 Å². The largest absolute Gasteiger partial charge is 0.341 e. The van der Waals surface area contributed by atoms with Crippen LogP contribution in [0.1, 0.15) is 32.3 Å². The number of likely N-dealkylation sites (tertiary alicyclic amines) is 1. The van der Waals surface area contributed by atoms with Crippen LogP contribution in [0, 0.1) is 5.92 Å². The lowest BCUT2D eigenvalue weighted by atomic mass is 10.1. The molecule has 2 saturated heterocycles. The molecule has 1 aromatic rings. The van der Waals surface area contributed by atoms with Gasteiger partial charge in [0.1, 0.15) is 0 Å². The van der Waals surface area contributed by atoms with Gasteiger partial charge in [-0.3, -0.25) is 19.6 Å². The van der Waals surface area contributed by atoms with Crippen molar-refractivity contribution in [1.29, 1.82) is 0 Å². The van der Waals surface area contributed by atoms with E-state index in [2.05, 4.69) is 39.6 Å². The fraction of sp³-hybridized carbons (Fsp3) is 0.684. The molecule has 24 heavy (non-hydrogen) atoms. The fourth-order valence-electron chi connectivity index (χ4n) is 3.68. The van der Waals surface area contributed by atoms with Gasteiger partial charge in [0.25, 0.3) is 0 Å². The van der Waals surface area contributed by atoms with Crippen LogP contribution in [0.2, 0.25) is 0 Å². The molecule has 0 aliphatic carbocycles. The zero-order valence-electron chi connectivity index (χ0n) is 15.0. The minimum Gasteiger partial charge on any atom is -0.341 e. The van der Waals surface area contributed by atoms with E-state index in [4.69, 9.17) is 0 Å². The molecule has 1 amide bonds. The van der Waals surface area contributed by atoms with Crippen molar-refractivity contribution in [1.82, 2.24) is 19.7 Å². The molecule has 2 aliphatic rings. The molecule has 0 spiro atoms. The van der Waals surface area contributed by atoms with Crippen molar-refractivity contribution >= 4 is 5.91 Å². The van der Waals surface area contributed by atoms with Crippen LogP contribution in [0.4, 0.5) is 0 Å². The summed E-state index contributed by atoms with van der Waals surface area (Å²) >= 11 is 0. The molecule has 1 unspecified atom stereocenters. The van der Waals surface area contributed by atoms with Crippen molar-refractivity contribution in [2.45, 2.75) is 39.3 Å². The molecule has 132 valence electrons. The first kappa shape index (κ1) is 17.4. The normalized spacial score (nSPS) is 23.4. The number of aromatic nitrogens is 1. The highest BCUT2D eigenvalue weighted by atomic mass is 16.2. The van der Waals surface area contributed by atoms with Gasteiger partial charge < -0.3 is 4.90 Å². The first-order valence-corrected chi connectivity index (χ1v) is 9.27. The van der Waals surface area contributed by atoms with Crippen molar-refractivity contribution < 1.29 is 4.79 Å². The van der Waals surface area contributed by atoms with Crippen LogP contribution in [0.25, 0.3) is 0 Å². The molecule has 1 atom stereocenters. The van der Waals surface area contributed by atoms with Gasteiger partial charge in [-0.15, -0.1) is 0 Å². The van der Waals surface area contributed by atoms with Crippen molar-refractivity contribution in [2.24, 2.45) is 5.92 Å². The number of carbonyl (C=O) groups is 1. The first-order chi connectivity index (χ1) is 11.6. The van der Waals surface area contributed by atoms with Crippen molar-refractivity contribution in [3.05, 3.63) is 30.1 Å². The van der Waals surface area contributed by atoms with Gasteiger partial charge in [0.05, 0.1) is 6.04 Å². The lowest BCUT2D eigenvalue weighted by Crippen LogP contribution is -2.52. The Kier molecular flexibility index (Phi) is 5.85. The van der Waals surface area contributed by atoms with Crippen LogP contribution >= 0.6 is 0 Å². The van der Waals surface area contributed by atoms with E-state index in [1.54, 1.807) is 0 Å². The van der Waals surface area contributed by atoms with Crippen LogP contribution in [0.3, 0.4) is 0 Å². The number of hydrogen-bond acceptors (Lipinski definition) is 4. The highest BCUT2D eigenvalue weighted by molar-refractivity contribution is 5.84. The second-order valence-electron chi connectivity index (χ2n) is 7.49. The van der Waals surface area contributed by atoms with E-state index in [1.807, 2.05) is 18.5 Å². The summed E-state index contributed by atoms with van der Waals surface area (Å²) in [5.74, 6) is 1.02. The highest BCUT2D eigenvalue weighted by Gasteiger charge is 2.36. The van der Waals surface area contributed by atoms with Gasteiger partial charge in [-0.1, -0.05) is 19.9 Å². The molecular formula is C19H30N4O. The number of hydrogen-bond donors (Lipinski definition) is 0. The summed E-state index contributed by atoms with van der Waals surface area (Å²) in [6.07, 6.45) is 5.87. The van der Waals surface area contributed by atoms with Crippen LogP contribution in [-0.4, -0.2) is 70.9 Å². The van der Waals surface area contributed by atoms with Crippen LogP contribution in [0.5, 0.6) is 0 Å². The molecule has 0 N–H and O–H groups in total. The molecular weight excluding hydrogens is 300 g/mol. The monoisotopic (exact) mass is 330 g/mol. The maximum absolute atomic E-state index is 12.7. The average Bonchev–Trinajstić information content (AvgIpc) is 2.95. The Balaban J connectivity index is 1.46. The third-order valence-electron chi connectivity index (χ3n) is 5.22. The SMILES string of the molecule is CC(C)CCN1CCC(N2CCN(Cc3cccnc3)CC2)C1=O. The maximum Gasteiger partial charge on any atom is 0.239 e. The van der Waals surface area contributed by atoms with Gasteiger partial charge in [0.2, 0.25) is 5.91 Å². The summed E-state index contributed by atoms with van der Waals surface area (Å²) in [5, 5.41) is 0. The molecule has 1 aromatic heterocycles. The summed E-state index contributed by atoms with van der Waals surface area (Å²) in [4.78, 5) is 23.8.